The summed E-state index contributed by atoms with van der Waals surface area (Å²) in [5.41, 5.74) is 3.29. The predicted octanol–water partition coefficient (Wildman–Crippen LogP) is 4.00. The number of hydrogen-bond acceptors (Lipinski definition) is 5. The minimum atomic E-state index is 0.675. The van der Waals surface area contributed by atoms with Crippen LogP contribution in [-0.4, -0.2) is 33.4 Å². The molecule has 2 heterocycles. The van der Waals surface area contributed by atoms with Gasteiger partial charge in [-0.1, -0.05) is 52.0 Å². The molecule has 0 atom stereocenters. The zero-order chi connectivity index (χ0) is 17.2. The molecule has 0 amide bonds. The van der Waals surface area contributed by atoms with E-state index in [4.69, 9.17) is 9.84 Å². The third-order valence-electron chi connectivity index (χ3n) is 3.93. The molecule has 5 nitrogen and oxygen atoms in total. The Morgan fingerprint density at radius 2 is 1.84 bits per heavy atom. The molecule has 0 spiro atoms. The highest BCUT2D eigenvalue weighted by Gasteiger charge is 2.19. The third kappa shape index (κ3) is 3.48. The molecule has 1 aliphatic heterocycles. The monoisotopic (exact) mass is 414 g/mol. The maximum atomic E-state index is 5.20. The second kappa shape index (κ2) is 7.01. The molecule has 126 valence electrons. The van der Waals surface area contributed by atoms with Gasteiger partial charge in [-0.25, -0.2) is 0 Å². The Balaban J connectivity index is 1.63. The van der Waals surface area contributed by atoms with E-state index in [-0.39, 0.29) is 0 Å². The van der Waals surface area contributed by atoms with Gasteiger partial charge in [0.2, 0.25) is 5.16 Å². The normalized spacial score (nSPS) is 13.3. The maximum Gasteiger partial charge on any atom is 0.212 e. The number of methoxy groups -OCH3 is 1. The fraction of sp³-hybridized carbons (Fsp3) is 0.167. The Morgan fingerprint density at radius 3 is 2.56 bits per heavy atom. The van der Waals surface area contributed by atoms with Crippen molar-refractivity contribution in [2.75, 3.05) is 12.9 Å². The molecule has 0 saturated heterocycles. The summed E-state index contributed by atoms with van der Waals surface area (Å²) in [7, 11) is 1.67. The molecule has 0 aliphatic carbocycles. The Labute approximate surface area is 158 Å². The zero-order valence-corrected chi connectivity index (χ0v) is 15.9. The molecule has 25 heavy (non-hydrogen) atoms. The Morgan fingerprint density at radius 1 is 1.08 bits per heavy atom. The lowest BCUT2D eigenvalue weighted by atomic mass is 10.1. The molecular formula is C18H15BrN4OS. The van der Waals surface area contributed by atoms with Crippen molar-refractivity contribution in [3.05, 3.63) is 70.0 Å². The van der Waals surface area contributed by atoms with E-state index in [0.29, 0.717) is 6.42 Å². The van der Waals surface area contributed by atoms with Crippen LogP contribution in [0, 0.1) is 0 Å². The van der Waals surface area contributed by atoms with Gasteiger partial charge in [0.1, 0.15) is 5.75 Å². The lowest BCUT2D eigenvalue weighted by Gasteiger charge is -2.14. The van der Waals surface area contributed by atoms with Gasteiger partial charge < -0.3 is 4.74 Å². The molecule has 2 aromatic carbocycles. The van der Waals surface area contributed by atoms with Crippen molar-refractivity contribution in [3.8, 4) is 5.75 Å². The van der Waals surface area contributed by atoms with Gasteiger partial charge in [-0.15, -0.1) is 10.2 Å². The van der Waals surface area contributed by atoms with Crippen LogP contribution in [0.5, 0.6) is 5.75 Å². The van der Waals surface area contributed by atoms with Gasteiger partial charge >= 0.3 is 0 Å². The van der Waals surface area contributed by atoms with Crippen LogP contribution in [0.2, 0.25) is 0 Å². The SMILES string of the molecule is COc1ccc(Cc2nnc3n2N=C(c2ccc(Br)cc2)CS3)cc1. The molecule has 0 saturated carbocycles. The van der Waals surface area contributed by atoms with Crippen molar-refractivity contribution in [2.24, 2.45) is 5.10 Å². The van der Waals surface area contributed by atoms with Crippen LogP contribution in [0.1, 0.15) is 17.0 Å². The van der Waals surface area contributed by atoms with Gasteiger partial charge in [0.15, 0.2) is 5.82 Å². The van der Waals surface area contributed by atoms with Gasteiger partial charge in [-0.2, -0.15) is 9.78 Å². The molecule has 1 aromatic heterocycles. The van der Waals surface area contributed by atoms with Gasteiger partial charge in [-0.3, -0.25) is 0 Å². The number of hydrogen-bond donors (Lipinski definition) is 0. The van der Waals surface area contributed by atoms with Crippen molar-refractivity contribution in [1.29, 1.82) is 0 Å². The predicted molar refractivity (Wildman–Crippen MR) is 103 cm³/mol. The average molecular weight is 415 g/mol. The van der Waals surface area contributed by atoms with Gasteiger partial charge in [0.25, 0.3) is 0 Å². The van der Waals surface area contributed by atoms with Crippen molar-refractivity contribution in [3.63, 3.8) is 0 Å². The molecular weight excluding hydrogens is 400 g/mol. The summed E-state index contributed by atoms with van der Waals surface area (Å²) in [5.74, 6) is 2.47. The Bertz CT molecular complexity index is 919. The van der Waals surface area contributed by atoms with E-state index < -0.39 is 0 Å². The number of rotatable bonds is 4. The van der Waals surface area contributed by atoms with E-state index in [2.05, 4.69) is 38.3 Å². The smallest absolute Gasteiger partial charge is 0.212 e. The summed E-state index contributed by atoms with van der Waals surface area (Å²) in [6.07, 6.45) is 0.675. The van der Waals surface area contributed by atoms with E-state index in [0.717, 1.165) is 43.8 Å². The second-order valence-corrected chi connectivity index (χ2v) is 7.44. The van der Waals surface area contributed by atoms with Crippen LogP contribution < -0.4 is 4.74 Å². The first kappa shape index (κ1) is 16.4. The molecule has 0 N–H and O–H groups in total. The fourth-order valence-corrected chi connectivity index (χ4v) is 3.71. The van der Waals surface area contributed by atoms with Crippen molar-refractivity contribution < 1.29 is 4.74 Å². The van der Waals surface area contributed by atoms with Crippen LogP contribution in [-0.2, 0) is 6.42 Å². The average Bonchev–Trinajstić information content (AvgIpc) is 3.05. The van der Waals surface area contributed by atoms with Crippen LogP contribution >= 0.6 is 27.7 Å². The number of fused-ring (bicyclic) bond motifs is 1. The first-order valence-electron chi connectivity index (χ1n) is 7.77. The highest BCUT2D eigenvalue weighted by molar-refractivity contribution is 9.10. The number of aromatic nitrogens is 3. The lowest BCUT2D eigenvalue weighted by Crippen LogP contribution is -2.14. The summed E-state index contributed by atoms with van der Waals surface area (Å²) < 4.78 is 8.12. The largest absolute Gasteiger partial charge is 0.497 e. The number of ether oxygens (including phenoxy) is 1. The molecule has 0 radical (unpaired) electrons. The summed E-state index contributed by atoms with van der Waals surface area (Å²) in [4.78, 5) is 0. The molecule has 4 rings (SSSR count). The summed E-state index contributed by atoms with van der Waals surface area (Å²) in [5, 5.41) is 14.2. The molecule has 7 heteroatoms. The van der Waals surface area contributed by atoms with Crippen LogP contribution in [0.15, 0.2) is 63.3 Å². The first-order chi connectivity index (χ1) is 12.2. The van der Waals surface area contributed by atoms with Crippen LogP contribution in [0.3, 0.4) is 0 Å². The quantitative estimate of drug-likeness (QED) is 0.647. The lowest BCUT2D eigenvalue weighted by molar-refractivity contribution is 0.414. The minimum absolute atomic E-state index is 0.675. The molecule has 3 aromatic rings. The van der Waals surface area contributed by atoms with Crippen LogP contribution in [0.4, 0.5) is 0 Å². The van der Waals surface area contributed by atoms with Crippen molar-refractivity contribution >= 4 is 33.4 Å². The number of benzene rings is 2. The fourth-order valence-electron chi connectivity index (χ4n) is 2.59. The number of nitrogens with zero attached hydrogens (tertiary/aromatic N) is 4. The minimum Gasteiger partial charge on any atom is -0.497 e. The summed E-state index contributed by atoms with van der Waals surface area (Å²) in [6, 6.07) is 16.2. The first-order valence-corrected chi connectivity index (χ1v) is 9.54. The van der Waals surface area contributed by atoms with E-state index in [1.165, 1.54) is 0 Å². The Hall–Kier alpha value is -2.12. The highest BCUT2D eigenvalue weighted by atomic mass is 79.9. The summed E-state index contributed by atoms with van der Waals surface area (Å²) in [6.45, 7) is 0. The van der Waals surface area contributed by atoms with Gasteiger partial charge in [-0.05, 0) is 35.4 Å². The molecule has 0 bridgehead atoms. The second-order valence-electron chi connectivity index (χ2n) is 5.58. The van der Waals surface area contributed by atoms with E-state index >= 15 is 0 Å². The molecule has 1 aliphatic rings. The molecule has 0 fully saturated rings. The maximum absolute atomic E-state index is 5.20. The van der Waals surface area contributed by atoms with Gasteiger partial charge in [0, 0.05) is 16.6 Å². The highest BCUT2D eigenvalue weighted by Crippen LogP contribution is 2.25. The van der Waals surface area contributed by atoms with Crippen molar-refractivity contribution in [2.45, 2.75) is 11.6 Å². The zero-order valence-electron chi connectivity index (χ0n) is 13.5. The van der Waals surface area contributed by atoms with E-state index in [9.17, 15) is 0 Å². The van der Waals surface area contributed by atoms with Crippen molar-refractivity contribution in [1.82, 2.24) is 14.9 Å². The topological polar surface area (TPSA) is 52.3 Å². The Kier molecular flexibility index (Phi) is 4.59. The van der Waals surface area contributed by atoms with Gasteiger partial charge in [0.05, 0.1) is 12.8 Å². The van der Waals surface area contributed by atoms with E-state index in [1.807, 2.05) is 41.1 Å². The molecule has 0 unspecified atom stereocenters. The number of halogens is 1. The standard InChI is InChI=1S/C18H15BrN4OS/c1-24-15-8-2-12(3-9-15)10-17-20-21-18-23(17)22-16(11-25-18)13-4-6-14(19)7-5-13/h2-9H,10-11H2,1H3. The summed E-state index contributed by atoms with van der Waals surface area (Å²) >= 11 is 5.13. The third-order valence-corrected chi connectivity index (χ3v) is 5.39. The number of thioether (sulfide) groups is 1. The van der Waals surface area contributed by atoms with E-state index in [1.54, 1.807) is 18.9 Å². The van der Waals surface area contributed by atoms with Crippen LogP contribution in [0.25, 0.3) is 0 Å².